The molecule has 0 saturated carbocycles. The Hall–Kier alpha value is -3.23. The molecule has 0 aliphatic carbocycles. The molecular weight excluding hydrogens is 302 g/mol. The van der Waals surface area contributed by atoms with Crippen molar-refractivity contribution in [2.45, 2.75) is 6.92 Å². The minimum atomic E-state index is -0.715. The molecule has 122 valence electrons. The zero-order chi connectivity index (χ0) is 16.8. The number of benzene rings is 1. The quantitative estimate of drug-likeness (QED) is 0.173. The molecule has 0 spiro atoms. The lowest BCUT2D eigenvalue weighted by Crippen LogP contribution is -2.28. The largest absolute Gasteiger partial charge is 0.497 e. The summed E-state index contributed by atoms with van der Waals surface area (Å²) in [6.07, 6.45) is 0. The molecule has 0 atom stereocenters. The van der Waals surface area contributed by atoms with E-state index in [-0.39, 0.29) is 29.8 Å². The van der Waals surface area contributed by atoms with Crippen molar-refractivity contribution in [1.82, 2.24) is 5.43 Å². The zero-order valence-electron chi connectivity index (χ0n) is 12.7. The third-order valence-corrected chi connectivity index (χ3v) is 2.90. The Kier molecular flexibility index (Phi) is 5.03. The lowest BCUT2D eigenvalue weighted by molar-refractivity contribution is -0.138. The number of hydrogen-bond acceptors (Lipinski definition) is 8. The summed E-state index contributed by atoms with van der Waals surface area (Å²) in [5.74, 6) is 5.16. The molecule has 0 fully saturated rings. The second kappa shape index (κ2) is 7.16. The highest BCUT2D eigenvalue weighted by molar-refractivity contribution is 6.18. The molecule has 1 aromatic rings. The number of nitrogens with two attached hydrogens (primary N) is 2. The molecule has 1 aliphatic rings. The van der Waals surface area contributed by atoms with E-state index in [0.717, 1.165) is 0 Å². The molecule has 23 heavy (non-hydrogen) atoms. The van der Waals surface area contributed by atoms with E-state index in [1.54, 1.807) is 38.3 Å². The lowest BCUT2D eigenvalue weighted by atomic mass is 10.2. The highest BCUT2D eigenvalue weighted by Gasteiger charge is 2.27. The van der Waals surface area contributed by atoms with Crippen LogP contribution in [0.25, 0.3) is 0 Å². The third-order valence-electron chi connectivity index (χ3n) is 2.90. The van der Waals surface area contributed by atoms with Crippen LogP contribution in [0.3, 0.4) is 0 Å². The number of hydrogen-bond donors (Lipinski definition) is 3. The van der Waals surface area contributed by atoms with Crippen LogP contribution in [-0.4, -0.2) is 31.4 Å². The molecule has 0 aromatic heterocycles. The van der Waals surface area contributed by atoms with Gasteiger partial charge in [0.05, 0.1) is 13.7 Å². The lowest BCUT2D eigenvalue weighted by Gasteiger charge is -2.09. The Morgan fingerprint density at radius 2 is 2.09 bits per heavy atom. The maximum atomic E-state index is 12.0. The molecule has 0 amide bonds. The average molecular weight is 319 g/mol. The number of methoxy groups -OCH3 is 1. The first-order valence-electron chi connectivity index (χ1n) is 6.71. The van der Waals surface area contributed by atoms with E-state index in [2.05, 4.69) is 15.6 Å². The van der Waals surface area contributed by atoms with Crippen molar-refractivity contribution in [1.29, 1.82) is 0 Å². The smallest absolute Gasteiger partial charge is 0.347 e. The van der Waals surface area contributed by atoms with Gasteiger partial charge >= 0.3 is 5.97 Å². The van der Waals surface area contributed by atoms with Gasteiger partial charge in [0, 0.05) is 5.56 Å². The van der Waals surface area contributed by atoms with Gasteiger partial charge in [-0.25, -0.2) is 10.2 Å². The van der Waals surface area contributed by atoms with Gasteiger partial charge in [0.25, 0.3) is 0 Å². The number of carbonyl (C=O) groups is 1. The van der Waals surface area contributed by atoms with Crippen molar-refractivity contribution in [3.8, 4) is 5.75 Å². The first-order valence-corrected chi connectivity index (χ1v) is 6.71. The van der Waals surface area contributed by atoms with Crippen molar-refractivity contribution in [2.75, 3.05) is 13.7 Å². The second-order valence-electron chi connectivity index (χ2n) is 4.30. The minimum Gasteiger partial charge on any atom is -0.497 e. The first kappa shape index (κ1) is 16.1. The molecule has 1 aliphatic heterocycles. The Balaban J connectivity index is 2.26. The Morgan fingerprint density at radius 1 is 1.39 bits per heavy atom. The van der Waals surface area contributed by atoms with Gasteiger partial charge in [-0.2, -0.15) is 5.10 Å². The SMILES string of the molecule is CCOC(=O)C(C(N)=NN)=C1NN=C(c2ccc(OC)cc2)O1. The Labute approximate surface area is 132 Å². The van der Waals surface area contributed by atoms with Gasteiger partial charge in [0.2, 0.25) is 11.8 Å². The van der Waals surface area contributed by atoms with E-state index >= 15 is 0 Å². The summed E-state index contributed by atoms with van der Waals surface area (Å²) >= 11 is 0. The van der Waals surface area contributed by atoms with Crippen molar-refractivity contribution < 1.29 is 19.0 Å². The molecule has 0 saturated heterocycles. The minimum absolute atomic E-state index is 0.000896. The maximum Gasteiger partial charge on any atom is 0.347 e. The van der Waals surface area contributed by atoms with Crippen molar-refractivity contribution in [2.24, 2.45) is 21.8 Å². The average Bonchev–Trinajstić information content (AvgIpc) is 3.04. The summed E-state index contributed by atoms with van der Waals surface area (Å²) in [7, 11) is 1.57. The fourth-order valence-electron chi connectivity index (χ4n) is 1.79. The fourth-order valence-corrected chi connectivity index (χ4v) is 1.79. The van der Waals surface area contributed by atoms with Crippen LogP contribution in [-0.2, 0) is 14.3 Å². The predicted octanol–water partition coefficient (Wildman–Crippen LogP) is -0.0178. The van der Waals surface area contributed by atoms with E-state index in [1.165, 1.54) is 0 Å². The number of esters is 1. The topological polar surface area (TPSA) is 134 Å². The summed E-state index contributed by atoms with van der Waals surface area (Å²) in [4.78, 5) is 12.0. The number of ether oxygens (including phenoxy) is 3. The summed E-state index contributed by atoms with van der Waals surface area (Å²) < 4.78 is 15.5. The normalized spacial score (nSPS) is 16.1. The molecule has 0 bridgehead atoms. The number of carbonyl (C=O) groups excluding carboxylic acids is 1. The number of hydrazone groups is 2. The molecule has 1 aromatic carbocycles. The molecule has 5 N–H and O–H groups in total. The van der Waals surface area contributed by atoms with Gasteiger partial charge < -0.3 is 25.8 Å². The van der Waals surface area contributed by atoms with Crippen LogP contribution in [0.5, 0.6) is 5.75 Å². The first-order chi connectivity index (χ1) is 11.1. The maximum absolute atomic E-state index is 12.0. The summed E-state index contributed by atoms with van der Waals surface area (Å²) in [5.41, 5.74) is 8.77. The van der Waals surface area contributed by atoms with Crippen LogP contribution >= 0.6 is 0 Å². The van der Waals surface area contributed by atoms with Gasteiger partial charge in [0.1, 0.15) is 5.75 Å². The van der Waals surface area contributed by atoms with Crippen LogP contribution < -0.4 is 21.7 Å². The van der Waals surface area contributed by atoms with Crippen molar-refractivity contribution in [3.63, 3.8) is 0 Å². The highest BCUT2D eigenvalue weighted by Crippen LogP contribution is 2.18. The number of nitrogens with one attached hydrogen (secondary N) is 1. The molecule has 2 rings (SSSR count). The van der Waals surface area contributed by atoms with Crippen LogP contribution in [0.1, 0.15) is 12.5 Å². The highest BCUT2D eigenvalue weighted by atomic mass is 16.5. The molecule has 0 radical (unpaired) electrons. The zero-order valence-corrected chi connectivity index (χ0v) is 12.7. The number of nitrogens with zero attached hydrogens (tertiary/aromatic N) is 2. The molecule has 1 heterocycles. The van der Waals surface area contributed by atoms with Crippen molar-refractivity contribution in [3.05, 3.63) is 41.3 Å². The van der Waals surface area contributed by atoms with Crippen LogP contribution in [0, 0.1) is 0 Å². The van der Waals surface area contributed by atoms with Gasteiger partial charge in [-0.15, -0.1) is 5.10 Å². The number of amidine groups is 1. The standard InChI is InChI=1S/C14H17N5O4/c1-3-22-14(20)10(11(15)17-16)13-19-18-12(23-13)8-4-6-9(21-2)7-5-8/h4-7,19H,3,16H2,1-2H3,(H2,15,17). The van der Waals surface area contributed by atoms with E-state index in [1.807, 2.05) is 0 Å². The van der Waals surface area contributed by atoms with E-state index < -0.39 is 5.97 Å². The summed E-state index contributed by atoms with van der Waals surface area (Å²) in [5, 5.41) is 7.32. The molecular formula is C14H17N5O4. The number of rotatable bonds is 5. The van der Waals surface area contributed by atoms with Gasteiger partial charge in [0.15, 0.2) is 11.4 Å². The summed E-state index contributed by atoms with van der Waals surface area (Å²) in [6.45, 7) is 1.83. The molecule has 0 unspecified atom stereocenters. The summed E-state index contributed by atoms with van der Waals surface area (Å²) in [6, 6.07) is 7.02. The van der Waals surface area contributed by atoms with Crippen LogP contribution in [0.2, 0.25) is 0 Å². The van der Waals surface area contributed by atoms with Gasteiger partial charge in [-0.05, 0) is 31.2 Å². The van der Waals surface area contributed by atoms with E-state index in [9.17, 15) is 4.79 Å². The molecule has 9 nitrogen and oxygen atoms in total. The second-order valence-corrected chi connectivity index (χ2v) is 4.30. The monoisotopic (exact) mass is 319 g/mol. The Morgan fingerprint density at radius 3 is 2.65 bits per heavy atom. The van der Waals surface area contributed by atoms with Crippen molar-refractivity contribution >= 4 is 17.7 Å². The predicted molar refractivity (Wildman–Crippen MR) is 83.2 cm³/mol. The van der Waals surface area contributed by atoms with E-state index in [4.69, 9.17) is 25.8 Å². The molecule has 9 heteroatoms. The third kappa shape index (κ3) is 3.51. The fraction of sp³-hybridized carbons (Fsp3) is 0.214. The van der Waals surface area contributed by atoms with Gasteiger partial charge in [-0.1, -0.05) is 0 Å². The Bertz CT molecular complexity index is 679. The van der Waals surface area contributed by atoms with Crippen LogP contribution in [0.15, 0.2) is 45.9 Å². The van der Waals surface area contributed by atoms with E-state index in [0.29, 0.717) is 11.3 Å². The van der Waals surface area contributed by atoms with Crippen LogP contribution in [0.4, 0.5) is 0 Å². The van der Waals surface area contributed by atoms with Gasteiger partial charge in [-0.3, -0.25) is 0 Å².